The zero-order chi connectivity index (χ0) is 15.4. The fourth-order valence-corrected chi connectivity index (χ4v) is 3.42. The summed E-state index contributed by atoms with van der Waals surface area (Å²) in [6.45, 7) is 4.04. The Bertz CT molecular complexity index is 498. The van der Waals surface area contributed by atoms with Crippen LogP contribution in [0, 0.1) is 5.92 Å². The van der Waals surface area contributed by atoms with Crippen molar-refractivity contribution < 1.29 is 9.53 Å². The van der Waals surface area contributed by atoms with Crippen LogP contribution in [-0.4, -0.2) is 53.9 Å². The minimum absolute atomic E-state index is 0.0506. The van der Waals surface area contributed by atoms with Gasteiger partial charge in [0.25, 0.3) is 0 Å². The van der Waals surface area contributed by atoms with E-state index in [9.17, 15) is 4.79 Å². The average Bonchev–Trinajstić information content (AvgIpc) is 2.91. The number of carbonyl (C=O) groups excluding carboxylic acids is 1. The first-order chi connectivity index (χ1) is 10.8. The molecule has 1 N–H and O–H groups in total. The molecule has 1 aliphatic carbocycles. The van der Waals surface area contributed by atoms with Crippen molar-refractivity contribution in [1.29, 1.82) is 0 Å². The van der Waals surface area contributed by atoms with E-state index in [1.807, 2.05) is 6.20 Å². The molecule has 6 heteroatoms. The number of nitrogens with one attached hydrogen (secondary N) is 1. The summed E-state index contributed by atoms with van der Waals surface area (Å²) in [5, 5.41) is 7.38. The van der Waals surface area contributed by atoms with E-state index >= 15 is 0 Å². The van der Waals surface area contributed by atoms with E-state index in [1.54, 1.807) is 0 Å². The van der Waals surface area contributed by atoms with Crippen molar-refractivity contribution in [2.24, 2.45) is 5.92 Å². The largest absolute Gasteiger partial charge is 0.375 e. The van der Waals surface area contributed by atoms with Crippen LogP contribution in [0.3, 0.4) is 0 Å². The number of fused-ring (bicyclic) bond motifs is 1. The first-order valence-corrected chi connectivity index (χ1v) is 8.26. The lowest BCUT2D eigenvalue weighted by Crippen LogP contribution is -2.42. The summed E-state index contributed by atoms with van der Waals surface area (Å²) < 4.78 is 6.97. The van der Waals surface area contributed by atoms with Crippen LogP contribution in [0.4, 0.5) is 0 Å². The molecule has 0 aromatic carbocycles. The number of hydrogen-bond donors (Lipinski definition) is 1. The van der Waals surface area contributed by atoms with Crippen molar-refractivity contribution in [3.63, 3.8) is 0 Å². The monoisotopic (exact) mass is 306 g/mol. The Kier molecular flexibility index (Phi) is 5.10. The predicted octanol–water partition coefficient (Wildman–Crippen LogP) is 1.19. The highest BCUT2D eigenvalue weighted by atomic mass is 16.5. The molecule has 1 aromatic rings. The highest BCUT2D eigenvalue weighted by molar-refractivity contribution is 5.77. The molecule has 6 nitrogen and oxygen atoms in total. The molecule has 1 aromatic heterocycles. The highest BCUT2D eigenvalue weighted by Gasteiger charge is 2.28. The molecule has 0 spiro atoms. The van der Waals surface area contributed by atoms with Crippen molar-refractivity contribution in [2.75, 3.05) is 33.4 Å². The molecule has 0 radical (unpaired) electrons. The molecule has 1 amide bonds. The van der Waals surface area contributed by atoms with E-state index in [1.165, 1.54) is 38.6 Å². The Labute approximate surface area is 131 Å². The highest BCUT2D eigenvalue weighted by Crippen LogP contribution is 2.30. The molecule has 3 rings (SSSR count). The number of carbonyl (C=O) groups is 1. The lowest BCUT2D eigenvalue weighted by atomic mass is 9.85. The van der Waals surface area contributed by atoms with E-state index in [0.717, 1.165) is 25.4 Å². The third-order valence-corrected chi connectivity index (χ3v) is 4.77. The summed E-state index contributed by atoms with van der Waals surface area (Å²) in [5.41, 5.74) is 1.29. The predicted molar refractivity (Wildman–Crippen MR) is 83.4 cm³/mol. The summed E-state index contributed by atoms with van der Waals surface area (Å²) in [4.78, 5) is 14.0. The summed E-state index contributed by atoms with van der Waals surface area (Å²) in [5.74, 6) is 0.835. The van der Waals surface area contributed by atoms with E-state index in [-0.39, 0.29) is 12.5 Å². The number of amides is 1. The van der Waals surface area contributed by atoms with Crippen LogP contribution in [0.15, 0.2) is 12.3 Å². The Morgan fingerprint density at radius 1 is 1.50 bits per heavy atom. The van der Waals surface area contributed by atoms with E-state index in [4.69, 9.17) is 4.74 Å². The van der Waals surface area contributed by atoms with Gasteiger partial charge in [0.1, 0.15) is 6.61 Å². The summed E-state index contributed by atoms with van der Waals surface area (Å²) in [6.07, 6.45) is 6.95. The molecule has 1 fully saturated rings. The standard InChI is InChI=1S/C16H26N4O2/c1-22-12-16(21)17-7-5-14-10-19(9-13-3-2-4-13)11-15-6-8-18-20(14)15/h6,8,13-14H,2-5,7,9-12H2,1H3,(H,17,21). The molecule has 0 bridgehead atoms. The number of methoxy groups -OCH3 is 1. The Hall–Kier alpha value is -1.40. The number of hydrogen-bond acceptors (Lipinski definition) is 4. The molecular weight excluding hydrogens is 280 g/mol. The third-order valence-electron chi connectivity index (χ3n) is 4.77. The lowest BCUT2D eigenvalue weighted by molar-refractivity contribution is -0.124. The molecule has 1 aliphatic heterocycles. The van der Waals surface area contributed by atoms with Gasteiger partial charge in [0, 0.05) is 39.5 Å². The van der Waals surface area contributed by atoms with E-state index in [0.29, 0.717) is 12.6 Å². The first-order valence-electron chi connectivity index (χ1n) is 8.26. The van der Waals surface area contributed by atoms with E-state index in [2.05, 4.69) is 26.1 Å². The van der Waals surface area contributed by atoms with Gasteiger partial charge in [0.2, 0.25) is 5.91 Å². The molecule has 1 unspecified atom stereocenters. The van der Waals surface area contributed by atoms with Gasteiger partial charge in [-0.25, -0.2) is 0 Å². The van der Waals surface area contributed by atoms with Gasteiger partial charge in [-0.3, -0.25) is 14.4 Å². The van der Waals surface area contributed by atoms with Crippen LogP contribution < -0.4 is 5.32 Å². The number of ether oxygens (including phenoxy) is 1. The third kappa shape index (κ3) is 3.67. The van der Waals surface area contributed by atoms with E-state index < -0.39 is 0 Å². The maximum absolute atomic E-state index is 11.5. The molecule has 2 aliphatic rings. The topological polar surface area (TPSA) is 59.4 Å². The first kappa shape index (κ1) is 15.5. The minimum atomic E-state index is -0.0506. The second-order valence-electron chi connectivity index (χ2n) is 6.48. The van der Waals surface area contributed by atoms with Crippen molar-refractivity contribution in [2.45, 2.75) is 38.3 Å². The van der Waals surface area contributed by atoms with Gasteiger partial charge in [0.15, 0.2) is 0 Å². The summed E-state index contributed by atoms with van der Waals surface area (Å²) in [7, 11) is 1.54. The zero-order valence-electron chi connectivity index (χ0n) is 13.3. The lowest BCUT2D eigenvalue weighted by Gasteiger charge is -2.38. The zero-order valence-corrected chi connectivity index (χ0v) is 13.3. The van der Waals surface area contributed by atoms with Crippen molar-refractivity contribution >= 4 is 5.91 Å². The quantitative estimate of drug-likeness (QED) is 0.822. The maximum Gasteiger partial charge on any atom is 0.245 e. The van der Waals surface area contributed by atoms with Crippen LogP contribution in [0.25, 0.3) is 0 Å². The number of rotatable bonds is 7. The molecule has 1 saturated carbocycles. The minimum Gasteiger partial charge on any atom is -0.375 e. The Balaban J connectivity index is 1.53. The van der Waals surface area contributed by atoms with Gasteiger partial charge in [-0.2, -0.15) is 5.10 Å². The SMILES string of the molecule is COCC(=O)NCCC1CN(CC2CCC2)Cc2ccnn21. The van der Waals surface area contributed by atoms with Crippen LogP contribution in [0.1, 0.15) is 37.4 Å². The van der Waals surface area contributed by atoms with Crippen LogP contribution in [0.2, 0.25) is 0 Å². The Morgan fingerprint density at radius 3 is 3.09 bits per heavy atom. The van der Waals surface area contributed by atoms with Crippen molar-refractivity contribution in [3.8, 4) is 0 Å². The second-order valence-corrected chi connectivity index (χ2v) is 6.48. The van der Waals surface area contributed by atoms with Crippen molar-refractivity contribution in [3.05, 3.63) is 18.0 Å². The molecule has 122 valence electrons. The fraction of sp³-hybridized carbons (Fsp3) is 0.750. The van der Waals surface area contributed by atoms with Gasteiger partial charge in [-0.05, 0) is 31.2 Å². The summed E-state index contributed by atoms with van der Waals surface area (Å²) >= 11 is 0. The van der Waals surface area contributed by atoms with Gasteiger partial charge in [-0.1, -0.05) is 6.42 Å². The van der Waals surface area contributed by atoms with Gasteiger partial charge >= 0.3 is 0 Å². The van der Waals surface area contributed by atoms with Crippen molar-refractivity contribution in [1.82, 2.24) is 20.0 Å². The molecular formula is C16H26N4O2. The second kappa shape index (κ2) is 7.24. The molecule has 0 saturated heterocycles. The van der Waals surface area contributed by atoms with Gasteiger partial charge in [-0.15, -0.1) is 0 Å². The van der Waals surface area contributed by atoms with Crippen LogP contribution in [0.5, 0.6) is 0 Å². The maximum atomic E-state index is 11.5. The normalized spacial score (nSPS) is 22.1. The molecule has 1 atom stereocenters. The van der Waals surface area contributed by atoms with Crippen LogP contribution >= 0.6 is 0 Å². The molecule has 22 heavy (non-hydrogen) atoms. The fourth-order valence-electron chi connectivity index (χ4n) is 3.42. The van der Waals surface area contributed by atoms with Gasteiger partial charge < -0.3 is 10.1 Å². The van der Waals surface area contributed by atoms with Crippen LogP contribution in [-0.2, 0) is 16.1 Å². The molecule has 2 heterocycles. The smallest absolute Gasteiger partial charge is 0.245 e. The summed E-state index contributed by atoms with van der Waals surface area (Å²) in [6, 6.07) is 2.46. The number of nitrogens with zero attached hydrogens (tertiary/aromatic N) is 3. The van der Waals surface area contributed by atoms with Gasteiger partial charge in [0.05, 0.1) is 11.7 Å². The Morgan fingerprint density at radius 2 is 2.36 bits per heavy atom. The average molecular weight is 306 g/mol. The number of aromatic nitrogens is 2.